The number of hydrogen-bond donors (Lipinski definition) is 0. The average Bonchev–Trinajstić information content (AvgIpc) is 2.39. The maximum atomic E-state index is 13.5. The first-order chi connectivity index (χ1) is 9.32. The van der Waals surface area contributed by atoms with E-state index in [0.29, 0.717) is 13.1 Å². The summed E-state index contributed by atoms with van der Waals surface area (Å²) in [5.74, 6) is -4.81. The molecule has 0 N–H and O–H groups in total. The highest BCUT2D eigenvalue weighted by atomic mass is 19.4. The van der Waals surface area contributed by atoms with Crippen LogP contribution in [0.5, 0.6) is 0 Å². The molecule has 1 saturated heterocycles. The summed E-state index contributed by atoms with van der Waals surface area (Å²) >= 11 is 0. The molecule has 1 aliphatic heterocycles. The molecule has 111 valence electrons. The summed E-state index contributed by atoms with van der Waals surface area (Å²) in [6.07, 6.45) is -1.82. The largest absolute Gasteiger partial charge is 0.458 e. The molecule has 1 heterocycles. The van der Waals surface area contributed by atoms with Crippen molar-refractivity contribution in [2.75, 3.05) is 13.1 Å². The number of benzene rings is 1. The summed E-state index contributed by atoms with van der Waals surface area (Å²) in [5.41, 5.74) is -0.904. The van der Waals surface area contributed by atoms with Crippen molar-refractivity contribution in [2.45, 2.75) is 31.5 Å². The summed E-state index contributed by atoms with van der Waals surface area (Å²) in [5, 5.41) is 0. The SMILES string of the molecule is FC(F)(F)C(F)(F)c1ccccc1CN1CC[CH]CC1. The number of likely N-dealkylation sites (tertiary alicyclic amines) is 1. The van der Waals surface area contributed by atoms with Gasteiger partial charge < -0.3 is 0 Å². The molecule has 0 atom stereocenters. The van der Waals surface area contributed by atoms with E-state index in [1.807, 2.05) is 4.90 Å². The zero-order chi connectivity index (χ0) is 14.8. The highest BCUT2D eigenvalue weighted by molar-refractivity contribution is 5.32. The first-order valence-electron chi connectivity index (χ1n) is 6.39. The predicted molar refractivity (Wildman–Crippen MR) is 65.2 cm³/mol. The average molecular weight is 292 g/mol. The monoisotopic (exact) mass is 292 g/mol. The van der Waals surface area contributed by atoms with Gasteiger partial charge in [-0.15, -0.1) is 0 Å². The van der Waals surface area contributed by atoms with Crippen LogP contribution >= 0.6 is 0 Å². The van der Waals surface area contributed by atoms with Crippen molar-refractivity contribution in [1.29, 1.82) is 0 Å². The van der Waals surface area contributed by atoms with Crippen molar-refractivity contribution in [3.63, 3.8) is 0 Å². The number of hydrogen-bond acceptors (Lipinski definition) is 1. The molecular weight excluding hydrogens is 277 g/mol. The number of alkyl halides is 5. The smallest absolute Gasteiger partial charge is 0.299 e. The van der Waals surface area contributed by atoms with Crippen LogP contribution in [0.15, 0.2) is 24.3 Å². The van der Waals surface area contributed by atoms with Gasteiger partial charge in [-0.05, 0) is 37.9 Å². The van der Waals surface area contributed by atoms with E-state index in [0.717, 1.165) is 18.9 Å². The lowest BCUT2D eigenvalue weighted by Gasteiger charge is -2.29. The van der Waals surface area contributed by atoms with Gasteiger partial charge in [0.1, 0.15) is 0 Å². The van der Waals surface area contributed by atoms with Gasteiger partial charge in [-0.3, -0.25) is 4.90 Å². The van der Waals surface area contributed by atoms with Crippen LogP contribution in [0, 0.1) is 6.42 Å². The van der Waals surface area contributed by atoms with Crippen LogP contribution in [0.3, 0.4) is 0 Å². The molecule has 0 spiro atoms. The molecule has 1 aromatic carbocycles. The Morgan fingerprint density at radius 2 is 1.55 bits per heavy atom. The highest BCUT2D eigenvalue weighted by Gasteiger charge is 2.59. The third kappa shape index (κ3) is 3.11. The van der Waals surface area contributed by atoms with Gasteiger partial charge in [0.25, 0.3) is 0 Å². The van der Waals surface area contributed by atoms with E-state index in [2.05, 4.69) is 6.42 Å². The van der Waals surface area contributed by atoms with Crippen LogP contribution in [-0.2, 0) is 12.5 Å². The van der Waals surface area contributed by atoms with Crippen molar-refractivity contribution in [3.8, 4) is 0 Å². The van der Waals surface area contributed by atoms with Gasteiger partial charge in [0.2, 0.25) is 0 Å². The van der Waals surface area contributed by atoms with Gasteiger partial charge >= 0.3 is 12.1 Å². The Balaban J connectivity index is 2.26. The molecule has 1 radical (unpaired) electrons. The Morgan fingerprint density at radius 1 is 0.950 bits per heavy atom. The van der Waals surface area contributed by atoms with Crippen LogP contribution < -0.4 is 0 Å². The number of nitrogens with zero attached hydrogens (tertiary/aromatic N) is 1. The van der Waals surface area contributed by atoms with Gasteiger partial charge in [0.05, 0.1) is 0 Å². The van der Waals surface area contributed by atoms with Gasteiger partial charge in [0, 0.05) is 12.1 Å². The second-order valence-electron chi connectivity index (χ2n) is 4.87. The van der Waals surface area contributed by atoms with Crippen molar-refractivity contribution < 1.29 is 22.0 Å². The Labute approximate surface area is 114 Å². The maximum Gasteiger partial charge on any atom is 0.458 e. The van der Waals surface area contributed by atoms with E-state index < -0.39 is 17.7 Å². The minimum Gasteiger partial charge on any atom is -0.299 e. The molecule has 0 aliphatic carbocycles. The van der Waals surface area contributed by atoms with E-state index in [4.69, 9.17) is 0 Å². The van der Waals surface area contributed by atoms with Crippen LogP contribution in [0.25, 0.3) is 0 Å². The van der Waals surface area contributed by atoms with Gasteiger partial charge in [-0.25, -0.2) is 0 Å². The molecule has 1 aromatic rings. The summed E-state index contributed by atoms with van der Waals surface area (Å²) in [7, 11) is 0. The molecule has 1 nitrogen and oxygen atoms in total. The van der Waals surface area contributed by atoms with E-state index in [9.17, 15) is 22.0 Å². The zero-order valence-corrected chi connectivity index (χ0v) is 10.8. The van der Waals surface area contributed by atoms with Crippen molar-refractivity contribution in [1.82, 2.24) is 4.90 Å². The fraction of sp³-hybridized carbons (Fsp3) is 0.500. The second kappa shape index (κ2) is 5.68. The first kappa shape index (κ1) is 15.2. The summed E-state index contributed by atoms with van der Waals surface area (Å²) < 4.78 is 64.6. The Hall–Kier alpha value is -1.17. The third-order valence-corrected chi connectivity index (χ3v) is 3.40. The molecular formula is C14H15F5N. The fourth-order valence-corrected chi connectivity index (χ4v) is 2.32. The molecule has 2 rings (SSSR count). The molecule has 0 unspecified atom stereocenters. The summed E-state index contributed by atoms with van der Waals surface area (Å²) in [4.78, 5) is 1.89. The standard InChI is InChI=1S/C14H15F5N/c15-13(16,14(17,18)19)12-7-3-2-6-11(12)10-20-8-4-1-5-9-20/h1-3,6-7H,4-5,8-10H2. The van der Waals surface area contributed by atoms with E-state index in [-0.39, 0.29) is 12.1 Å². The van der Waals surface area contributed by atoms with Crippen molar-refractivity contribution in [2.24, 2.45) is 0 Å². The molecule has 0 bridgehead atoms. The van der Waals surface area contributed by atoms with Crippen LogP contribution in [-0.4, -0.2) is 24.2 Å². The molecule has 1 fully saturated rings. The lowest BCUT2D eigenvalue weighted by molar-refractivity contribution is -0.289. The second-order valence-corrected chi connectivity index (χ2v) is 4.87. The quantitative estimate of drug-likeness (QED) is 0.757. The van der Waals surface area contributed by atoms with Gasteiger partial charge in [-0.2, -0.15) is 22.0 Å². The highest BCUT2D eigenvalue weighted by Crippen LogP contribution is 2.45. The van der Waals surface area contributed by atoms with Crippen LogP contribution in [0.1, 0.15) is 24.0 Å². The third-order valence-electron chi connectivity index (χ3n) is 3.40. The summed E-state index contributed by atoms with van der Waals surface area (Å²) in [6.45, 7) is 1.49. The van der Waals surface area contributed by atoms with Crippen LogP contribution in [0.2, 0.25) is 0 Å². The van der Waals surface area contributed by atoms with Gasteiger partial charge in [0.15, 0.2) is 0 Å². The minimum atomic E-state index is -5.57. The van der Waals surface area contributed by atoms with E-state index in [1.54, 1.807) is 0 Å². The molecule has 0 saturated carbocycles. The minimum absolute atomic E-state index is 0.0386. The van der Waals surface area contributed by atoms with Crippen molar-refractivity contribution >= 4 is 0 Å². The lowest BCUT2D eigenvalue weighted by atomic mass is 9.99. The normalized spacial score (nSPS) is 18.2. The molecule has 20 heavy (non-hydrogen) atoms. The van der Waals surface area contributed by atoms with E-state index in [1.165, 1.54) is 18.2 Å². The number of rotatable bonds is 3. The first-order valence-corrected chi connectivity index (χ1v) is 6.39. The van der Waals surface area contributed by atoms with Gasteiger partial charge in [-0.1, -0.05) is 24.3 Å². The Kier molecular flexibility index (Phi) is 4.32. The maximum absolute atomic E-state index is 13.5. The van der Waals surface area contributed by atoms with E-state index >= 15 is 0 Å². The number of halogens is 5. The Morgan fingerprint density at radius 3 is 2.15 bits per heavy atom. The fourth-order valence-electron chi connectivity index (χ4n) is 2.32. The molecule has 0 amide bonds. The summed E-state index contributed by atoms with van der Waals surface area (Å²) in [6, 6.07) is 4.90. The Bertz CT molecular complexity index is 449. The predicted octanol–water partition coefficient (Wildman–Crippen LogP) is 4.14. The van der Waals surface area contributed by atoms with Crippen molar-refractivity contribution in [3.05, 3.63) is 41.8 Å². The molecule has 1 aliphatic rings. The number of piperidine rings is 1. The van der Waals surface area contributed by atoms with Crippen LogP contribution in [0.4, 0.5) is 22.0 Å². The zero-order valence-electron chi connectivity index (χ0n) is 10.8. The molecule has 0 aromatic heterocycles. The lowest BCUT2D eigenvalue weighted by Crippen LogP contribution is -2.36. The topological polar surface area (TPSA) is 3.24 Å². The molecule has 6 heteroatoms.